The van der Waals surface area contributed by atoms with Gasteiger partial charge in [0.05, 0.1) is 0 Å². The Kier molecular flexibility index (Phi) is 4.01. The normalized spacial score (nSPS) is 10.4. The van der Waals surface area contributed by atoms with E-state index in [0.29, 0.717) is 11.3 Å². The summed E-state index contributed by atoms with van der Waals surface area (Å²) in [5.74, 6) is -0.466. The number of H-pyrrole nitrogens is 1. The molecule has 0 aliphatic rings. The molecule has 0 spiro atoms. The second-order valence-corrected chi connectivity index (χ2v) is 5.71. The summed E-state index contributed by atoms with van der Waals surface area (Å²) in [6.07, 6.45) is 0. The van der Waals surface area contributed by atoms with Crippen LogP contribution >= 0.6 is 0 Å². The average Bonchev–Trinajstić information content (AvgIpc) is 2.57. The van der Waals surface area contributed by atoms with Gasteiger partial charge in [0, 0.05) is 22.4 Å². The summed E-state index contributed by atoms with van der Waals surface area (Å²) in [4.78, 5) is 15.1. The van der Waals surface area contributed by atoms with Crippen LogP contribution in [0.3, 0.4) is 0 Å². The first-order chi connectivity index (χ1) is 11.5. The van der Waals surface area contributed by atoms with E-state index in [0.717, 1.165) is 16.7 Å². The average molecular weight is 318 g/mol. The third-order valence-corrected chi connectivity index (χ3v) is 3.99. The summed E-state index contributed by atoms with van der Waals surface area (Å²) in [7, 11) is 0. The molecule has 0 aliphatic carbocycles. The van der Waals surface area contributed by atoms with Crippen LogP contribution in [0.2, 0.25) is 0 Å². The van der Waals surface area contributed by atoms with E-state index < -0.39 is 11.4 Å². The summed E-state index contributed by atoms with van der Waals surface area (Å²) in [5, 5.41) is 9.32. The van der Waals surface area contributed by atoms with Gasteiger partial charge in [0.15, 0.2) is 0 Å². The minimum absolute atomic E-state index is 0.0887. The second-order valence-electron chi connectivity index (χ2n) is 5.71. The topological polar surface area (TPSA) is 56.6 Å². The Balaban J connectivity index is 2.33. The highest BCUT2D eigenvalue weighted by molar-refractivity contribution is 5.76. The highest BCUT2D eigenvalue weighted by atomic mass is 19.1. The largest absolute Gasteiger partial charge is 0.321 e. The molecule has 0 unspecified atom stereocenters. The lowest BCUT2D eigenvalue weighted by Gasteiger charge is -2.11. The van der Waals surface area contributed by atoms with Gasteiger partial charge in [-0.2, -0.15) is 5.26 Å². The maximum Gasteiger partial charge on any atom is 0.266 e. The van der Waals surface area contributed by atoms with E-state index in [1.54, 1.807) is 24.3 Å². The number of hydrogen-bond acceptors (Lipinski definition) is 2. The van der Waals surface area contributed by atoms with Crippen molar-refractivity contribution in [3.05, 3.63) is 81.4 Å². The number of nitrogens with one attached hydrogen (secondary N) is 1. The van der Waals surface area contributed by atoms with E-state index in [-0.39, 0.29) is 11.1 Å². The Hall–Kier alpha value is -3.19. The molecule has 0 fully saturated rings. The van der Waals surface area contributed by atoms with E-state index in [1.165, 1.54) is 6.07 Å². The zero-order chi connectivity index (χ0) is 17.3. The Labute approximate surface area is 139 Å². The van der Waals surface area contributed by atoms with Crippen molar-refractivity contribution in [2.45, 2.75) is 13.8 Å². The number of aryl methyl sites for hydroxylation is 2. The molecule has 118 valence electrons. The number of nitrogens with zero attached hydrogens (tertiary/aromatic N) is 1. The van der Waals surface area contributed by atoms with Gasteiger partial charge >= 0.3 is 0 Å². The maximum absolute atomic E-state index is 14.2. The summed E-state index contributed by atoms with van der Waals surface area (Å²) < 4.78 is 14.2. The van der Waals surface area contributed by atoms with Crippen LogP contribution in [0, 0.1) is 31.0 Å². The molecule has 3 aromatic rings. The Morgan fingerprint density at radius 2 is 1.75 bits per heavy atom. The predicted octanol–water partition coefficient (Wildman–Crippen LogP) is 4.34. The lowest BCUT2D eigenvalue weighted by Crippen LogP contribution is -2.13. The molecule has 0 atom stereocenters. The number of benzene rings is 2. The van der Waals surface area contributed by atoms with Gasteiger partial charge in [-0.15, -0.1) is 0 Å². The molecule has 0 saturated heterocycles. The summed E-state index contributed by atoms with van der Waals surface area (Å²) >= 11 is 0. The van der Waals surface area contributed by atoms with Crippen molar-refractivity contribution in [3.63, 3.8) is 0 Å². The summed E-state index contributed by atoms with van der Waals surface area (Å²) in [6.45, 7) is 3.90. The first-order valence-electron chi connectivity index (χ1n) is 7.51. The molecule has 24 heavy (non-hydrogen) atoms. The molecule has 0 saturated carbocycles. The SMILES string of the molecule is Cc1ccc(C)c(-c2cc(-c3ccccc3F)c(C#N)c(=O)[nH]2)c1. The molecular weight excluding hydrogens is 303 g/mol. The smallest absolute Gasteiger partial charge is 0.266 e. The number of hydrogen-bond donors (Lipinski definition) is 1. The minimum Gasteiger partial charge on any atom is -0.321 e. The van der Waals surface area contributed by atoms with Crippen molar-refractivity contribution in [3.8, 4) is 28.5 Å². The van der Waals surface area contributed by atoms with Crippen molar-refractivity contribution in [1.29, 1.82) is 5.26 Å². The van der Waals surface area contributed by atoms with E-state index in [1.807, 2.05) is 38.1 Å². The third-order valence-electron chi connectivity index (χ3n) is 3.99. The zero-order valence-electron chi connectivity index (χ0n) is 13.4. The molecule has 0 amide bonds. The number of nitriles is 1. The molecule has 1 N–H and O–H groups in total. The molecule has 0 bridgehead atoms. The van der Waals surface area contributed by atoms with Crippen molar-refractivity contribution in [1.82, 2.24) is 4.98 Å². The monoisotopic (exact) mass is 318 g/mol. The van der Waals surface area contributed by atoms with Crippen LogP contribution in [0.25, 0.3) is 22.4 Å². The fraction of sp³-hybridized carbons (Fsp3) is 0.100. The van der Waals surface area contributed by atoms with Gasteiger partial charge in [0.1, 0.15) is 17.4 Å². The summed E-state index contributed by atoms with van der Waals surface area (Å²) in [5.41, 5.74) is 3.40. The van der Waals surface area contributed by atoms with Gasteiger partial charge < -0.3 is 4.98 Å². The molecule has 3 nitrogen and oxygen atoms in total. The van der Waals surface area contributed by atoms with E-state index in [9.17, 15) is 14.4 Å². The fourth-order valence-corrected chi connectivity index (χ4v) is 2.73. The van der Waals surface area contributed by atoms with Crippen LogP contribution in [0.5, 0.6) is 0 Å². The van der Waals surface area contributed by atoms with E-state index >= 15 is 0 Å². The summed E-state index contributed by atoms with van der Waals surface area (Å²) in [6, 6.07) is 15.6. The van der Waals surface area contributed by atoms with Crippen molar-refractivity contribution < 1.29 is 4.39 Å². The van der Waals surface area contributed by atoms with Crippen molar-refractivity contribution in [2.75, 3.05) is 0 Å². The molecule has 2 aromatic carbocycles. The lowest BCUT2D eigenvalue weighted by molar-refractivity contribution is 0.631. The van der Waals surface area contributed by atoms with Crippen LogP contribution in [-0.2, 0) is 0 Å². The molecule has 1 aromatic heterocycles. The first kappa shape index (κ1) is 15.7. The van der Waals surface area contributed by atoms with Gasteiger partial charge in [-0.25, -0.2) is 4.39 Å². The van der Waals surface area contributed by atoms with Crippen LogP contribution in [-0.4, -0.2) is 4.98 Å². The zero-order valence-corrected chi connectivity index (χ0v) is 13.4. The predicted molar refractivity (Wildman–Crippen MR) is 92.1 cm³/mol. The van der Waals surface area contributed by atoms with Crippen molar-refractivity contribution >= 4 is 0 Å². The quantitative estimate of drug-likeness (QED) is 0.764. The van der Waals surface area contributed by atoms with Gasteiger partial charge in [-0.1, -0.05) is 35.9 Å². The molecule has 1 heterocycles. The molecule has 4 heteroatoms. The van der Waals surface area contributed by atoms with E-state index in [2.05, 4.69) is 4.98 Å². The van der Waals surface area contributed by atoms with Gasteiger partial charge in [0.25, 0.3) is 5.56 Å². The number of aromatic nitrogens is 1. The highest BCUT2D eigenvalue weighted by Crippen LogP contribution is 2.29. The van der Waals surface area contributed by atoms with Crippen LogP contribution in [0.1, 0.15) is 16.7 Å². The Morgan fingerprint density at radius 1 is 1.00 bits per heavy atom. The first-order valence-corrected chi connectivity index (χ1v) is 7.51. The molecule has 0 radical (unpaired) electrons. The van der Waals surface area contributed by atoms with Crippen LogP contribution < -0.4 is 5.56 Å². The molecule has 0 aliphatic heterocycles. The molecule has 3 rings (SSSR count). The highest BCUT2D eigenvalue weighted by Gasteiger charge is 2.15. The Morgan fingerprint density at radius 3 is 2.46 bits per heavy atom. The van der Waals surface area contributed by atoms with E-state index in [4.69, 9.17) is 0 Å². The number of aromatic amines is 1. The van der Waals surface area contributed by atoms with Gasteiger partial charge in [0.2, 0.25) is 0 Å². The maximum atomic E-state index is 14.2. The Bertz CT molecular complexity index is 1030. The van der Waals surface area contributed by atoms with Crippen molar-refractivity contribution in [2.24, 2.45) is 0 Å². The lowest BCUT2D eigenvalue weighted by atomic mass is 9.96. The van der Waals surface area contributed by atoms with Gasteiger partial charge in [-0.3, -0.25) is 4.79 Å². The van der Waals surface area contributed by atoms with Crippen LogP contribution in [0.15, 0.2) is 53.3 Å². The second kappa shape index (κ2) is 6.13. The third kappa shape index (κ3) is 2.72. The number of pyridine rings is 1. The number of halogens is 1. The van der Waals surface area contributed by atoms with Crippen LogP contribution in [0.4, 0.5) is 4.39 Å². The van der Waals surface area contributed by atoms with Gasteiger partial charge in [-0.05, 0) is 37.6 Å². The minimum atomic E-state index is -0.519. The number of rotatable bonds is 2. The molecular formula is C20H15FN2O. The fourth-order valence-electron chi connectivity index (χ4n) is 2.73. The standard InChI is InChI=1S/C20H15FN2O/c1-12-7-8-13(2)15(9-12)19-10-16(17(11-22)20(24)23-19)14-5-3-4-6-18(14)21/h3-10H,1-2H3,(H,23,24).